The molecule has 21 heavy (non-hydrogen) atoms. The summed E-state index contributed by atoms with van der Waals surface area (Å²) in [5.74, 6) is -0.516. The highest BCUT2D eigenvalue weighted by molar-refractivity contribution is 6.33. The van der Waals surface area contributed by atoms with E-state index in [1.165, 1.54) is 36.4 Å². The van der Waals surface area contributed by atoms with Crippen LogP contribution in [0.15, 0.2) is 36.4 Å². The predicted molar refractivity (Wildman–Crippen MR) is 76.3 cm³/mol. The predicted octanol–water partition coefficient (Wildman–Crippen LogP) is 4.60. The molecule has 0 fully saturated rings. The van der Waals surface area contributed by atoms with Gasteiger partial charge in [-0.3, -0.25) is 20.2 Å². The highest BCUT2D eigenvalue weighted by Gasteiger charge is 2.25. The molecule has 0 saturated heterocycles. The van der Waals surface area contributed by atoms with E-state index in [1.54, 1.807) is 0 Å². The zero-order valence-corrected chi connectivity index (χ0v) is 11.7. The van der Waals surface area contributed by atoms with Gasteiger partial charge in [0.25, 0.3) is 0 Å². The number of ether oxygens (including phenoxy) is 1. The SMILES string of the molecule is O=[N+]([O-])c1cccc(Cl)c1Oc1cccc(Cl)c1[N+](=O)[O-]. The van der Waals surface area contributed by atoms with Crippen molar-refractivity contribution in [3.05, 3.63) is 66.7 Å². The van der Waals surface area contributed by atoms with Gasteiger partial charge in [0, 0.05) is 6.07 Å². The van der Waals surface area contributed by atoms with Crippen LogP contribution in [0.25, 0.3) is 0 Å². The molecule has 7 nitrogen and oxygen atoms in total. The topological polar surface area (TPSA) is 95.5 Å². The zero-order chi connectivity index (χ0) is 15.6. The Morgan fingerprint density at radius 3 is 2.14 bits per heavy atom. The molecule has 0 amide bonds. The van der Waals surface area contributed by atoms with E-state index in [0.29, 0.717) is 0 Å². The van der Waals surface area contributed by atoms with E-state index in [0.717, 1.165) is 0 Å². The Hall–Kier alpha value is -2.38. The summed E-state index contributed by atoms with van der Waals surface area (Å²) in [6, 6.07) is 7.94. The van der Waals surface area contributed by atoms with E-state index in [2.05, 4.69) is 0 Å². The van der Waals surface area contributed by atoms with Crippen LogP contribution in [0.2, 0.25) is 10.0 Å². The molecule has 0 aliphatic rings. The normalized spacial score (nSPS) is 10.2. The molecule has 0 radical (unpaired) electrons. The molecule has 0 heterocycles. The zero-order valence-electron chi connectivity index (χ0n) is 10.2. The number of hydrogen-bond acceptors (Lipinski definition) is 5. The minimum atomic E-state index is -0.736. The first-order valence-electron chi connectivity index (χ1n) is 5.45. The van der Waals surface area contributed by atoms with Crippen LogP contribution in [-0.2, 0) is 0 Å². The van der Waals surface area contributed by atoms with Crippen LogP contribution in [0.1, 0.15) is 0 Å². The van der Waals surface area contributed by atoms with Crippen molar-refractivity contribution in [2.75, 3.05) is 0 Å². The van der Waals surface area contributed by atoms with Gasteiger partial charge in [-0.15, -0.1) is 0 Å². The standard InChI is InChI=1S/C12H6Cl2N2O5/c13-7-3-2-6-10(11(7)16(19)20)21-12-8(14)4-1-5-9(12)15(17)18/h1-6H. The van der Waals surface area contributed by atoms with Crippen LogP contribution in [0.4, 0.5) is 11.4 Å². The second kappa shape index (κ2) is 5.94. The van der Waals surface area contributed by atoms with Gasteiger partial charge in [-0.2, -0.15) is 0 Å². The quantitative estimate of drug-likeness (QED) is 0.603. The Balaban J connectivity index is 2.56. The average Bonchev–Trinajstić information content (AvgIpc) is 2.40. The van der Waals surface area contributed by atoms with E-state index in [1.807, 2.05) is 0 Å². The van der Waals surface area contributed by atoms with Crippen molar-refractivity contribution in [3.8, 4) is 11.5 Å². The van der Waals surface area contributed by atoms with E-state index >= 15 is 0 Å². The fourth-order valence-electron chi connectivity index (χ4n) is 1.61. The first-order chi connectivity index (χ1) is 9.91. The minimum absolute atomic E-state index is 0.0431. The van der Waals surface area contributed by atoms with Crippen molar-refractivity contribution in [2.45, 2.75) is 0 Å². The van der Waals surface area contributed by atoms with Crippen LogP contribution < -0.4 is 4.74 Å². The third kappa shape index (κ3) is 3.04. The first-order valence-corrected chi connectivity index (χ1v) is 6.21. The van der Waals surface area contributed by atoms with Crippen LogP contribution in [0, 0.1) is 20.2 Å². The van der Waals surface area contributed by atoms with Crippen molar-refractivity contribution in [1.82, 2.24) is 0 Å². The monoisotopic (exact) mass is 328 g/mol. The summed E-state index contributed by atoms with van der Waals surface area (Å²) in [5, 5.41) is 21.8. The lowest BCUT2D eigenvalue weighted by atomic mass is 10.2. The molecular formula is C12H6Cl2N2O5. The van der Waals surface area contributed by atoms with Crippen molar-refractivity contribution in [2.24, 2.45) is 0 Å². The Morgan fingerprint density at radius 2 is 1.52 bits per heavy atom. The lowest BCUT2D eigenvalue weighted by molar-refractivity contribution is -0.387. The number of benzene rings is 2. The van der Waals surface area contributed by atoms with Gasteiger partial charge >= 0.3 is 11.4 Å². The van der Waals surface area contributed by atoms with Gasteiger partial charge in [-0.1, -0.05) is 35.3 Å². The maximum Gasteiger partial charge on any atom is 0.329 e. The molecule has 0 atom stereocenters. The molecule has 0 saturated carbocycles. The Kier molecular flexibility index (Phi) is 4.25. The minimum Gasteiger partial charge on any atom is -0.441 e. The number of nitro benzene ring substituents is 2. The van der Waals surface area contributed by atoms with Crippen molar-refractivity contribution in [1.29, 1.82) is 0 Å². The molecule has 108 valence electrons. The molecule has 0 spiro atoms. The molecule has 2 aromatic rings. The summed E-state index contributed by atoms with van der Waals surface area (Å²) in [5.41, 5.74) is -0.898. The highest BCUT2D eigenvalue weighted by Crippen LogP contribution is 2.42. The number of halogens is 2. The number of nitro groups is 2. The molecule has 0 aromatic heterocycles. The molecule has 0 bridgehead atoms. The summed E-state index contributed by atoms with van der Waals surface area (Å²) in [6.45, 7) is 0. The molecular weight excluding hydrogens is 323 g/mol. The fourth-order valence-corrected chi connectivity index (χ4v) is 2.05. The smallest absolute Gasteiger partial charge is 0.329 e. The lowest BCUT2D eigenvalue weighted by Crippen LogP contribution is -1.97. The van der Waals surface area contributed by atoms with Gasteiger partial charge in [-0.25, -0.2) is 0 Å². The largest absolute Gasteiger partial charge is 0.441 e. The van der Waals surface area contributed by atoms with Crippen LogP contribution >= 0.6 is 23.2 Å². The first kappa shape index (κ1) is 15.0. The van der Waals surface area contributed by atoms with Crippen LogP contribution in [-0.4, -0.2) is 9.85 Å². The number of rotatable bonds is 4. The summed E-state index contributed by atoms with van der Waals surface area (Å²) in [4.78, 5) is 20.5. The van der Waals surface area contributed by atoms with E-state index in [4.69, 9.17) is 27.9 Å². The Bertz CT molecular complexity index is 736. The Morgan fingerprint density at radius 1 is 0.905 bits per heavy atom. The van der Waals surface area contributed by atoms with Gasteiger partial charge in [0.1, 0.15) is 5.02 Å². The van der Waals surface area contributed by atoms with Gasteiger partial charge in [0.2, 0.25) is 11.5 Å². The highest BCUT2D eigenvalue weighted by atomic mass is 35.5. The fraction of sp³-hybridized carbons (Fsp3) is 0. The molecule has 0 aliphatic heterocycles. The summed E-state index contributed by atoms with van der Waals surface area (Å²) in [7, 11) is 0. The van der Waals surface area contributed by atoms with Crippen LogP contribution in [0.5, 0.6) is 11.5 Å². The molecule has 0 aliphatic carbocycles. The van der Waals surface area contributed by atoms with Gasteiger partial charge in [0.15, 0.2) is 0 Å². The number of para-hydroxylation sites is 2. The van der Waals surface area contributed by atoms with E-state index < -0.39 is 21.2 Å². The van der Waals surface area contributed by atoms with Crippen molar-refractivity contribution >= 4 is 34.6 Å². The molecule has 2 aromatic carbocycles. The summed E-state index contributed by atoms with van der Waals surface area (Å²) < 4.78 is 5.28. The van der Waals surface area contributed by atoms with Crippen LogP contribution in [0.3, 0.4) is 0 Å². The van der Waals surface area contributed by atoms with Crippen molar-refractivity contribution in [3.63, 3.8) is 0 Å². The average molecular weight is 329 g/mol. The van der Waals surface area contributed by atoms with Gasteiger partial charge in [-0.05, 0) is 18.2 Å². The third-order valence-electron chi connectivity index (χ3n) is 2.49. The van der Waals surface area contributed by atoms with Gasteiger partial charge in [0.05, 0.1) is 14.9 Å². The molecule has 2 rings (SSSR count). The maximum absolute atomic E-state index is 11.0. The summed E-state index contributed by atoms with van der Waals surface area (Å²) >= 11 is 11.6. The van der Waals surface area contributed by atoms with E-state index in [9.17, 15) is 20.2 Å². The molecule has 0 N–H and O–H groups in total. The van der Waals surface area contributed by atoms with Crippen molar-refractivity contribution < 1.29 is 14.6 Å². The second-order valence-electron chi connectivity index (χ2n) is 3.79. The molecule has 0 unspecified atom stereocenters. The van der Waals surface area contributed by atoms with E-state index in [-0.39, 0.29) is 21.5 Å². The second-order valence-corrected chi connectivity index (χ2v) is 4.61. The van der Waals surface area contributed by atoms with Gasteiger partial charge < -0.3 is 4.74 Å². The molecule has 9 heteroatoms. The summed E-state index contributed by atoms with van der Waals surface area (Å²) in [6.07, 6.45) is 0. The third-order valence-corrected chi connectivity index (χ3v) is 3.09. The number of nitrogens with zero attached hydrogens (tertiary/aromatic N) is 2. The lowest BCUT2D eigenvalue weighted by Gasteiger charge is -2.08. The maximum atomic E-state index is 11.0. The Labute approximate surface area is 128 Å². The number of hydrogen-bond donors (Lipinski definition) is 0.